The summed E-state index contributed by atoms with van der Waals surface area (Å²) in [5.74, 6) is -0.713. The van der Waals surface area contributed by atoms with Gasteiger partial charge in [-0.3, -0.25) is 9.59 Å². The lowest BCUT2D eigenvalue weighted by atomic mass is 9.71. The smallest absolute Gasteiger partial charge is 0.311 e. The third-order valence-corrected chi connectivity index (χ3v) is 4.26. The van der Waals surface area contributed by atoms with Crippen molar-refractivity contribution in [2.24, 2.45) is 5.41 Å². The number of nitrogens with zero attached hydrogens (tertiary/aromatic N) is 1. The Morgan fingerprint density at radius 3 is 2.65 bits per heavy atom. The maximum Gasteiger partial charge on any atom is 0.311 e. The van der Waals surface area contributed by atoms with Crippen LogP contribution in [0.2, 0.25) is 0 Å². The first-order valence-electron chi connectivity index (χ1n) is 6.83. The van der Waals surface area contributed by atoms with E-state index in [9.17, 15) is 14.7 Å². The van der Waals surface area contributed by atoms with Gasteiger partial charge in [-0.15, -0.1) is 0 Å². The highest BCUT2D eigenvalue weighted by molar-refractivity contribution is 5.96. The number of amides is 1. The van der Waals surface area contributed by atoms with Crippen LogP contribution in [-0.4, -0.2) is 28.2 Å². The Kier molecular flexibility index (Phi) is 3.83. The van der Waals surface area contributed by atoms with E-state index in [0.29, 0.717) is 29.9 Å². The molecule has 1 aromatic rings. The van der Waals surface area contributed by atoms with Crippen molar-refractivity contribution in [1.29, 1.82) is 0 Å². The van der Waals surface area contributed by atoms with Crippen LogP contribution in [0.15, 0.2) is 4.52 Å². The minimum absolute atomic E-state index is 0.305. The molecule has 0 aliphatic heterocycles. The zero-order valence-corrected chi connectivity index (χ0v) is 12.0. The van der Waals surface area contributed by atoms with Crippen LogP contribution in [0.25, 0.3) is 0 Å². The topological polar surface area (TPSA) is 92.4 Å². The summed E-state index contributed by atoms with van der Waals surface area (Å²) in [7, 11) is 0. The second kappa shape index (κ2) is 5.26. The zero-order valence-electron chi connectivity index (χ0n) is 12.0. The van der Waals surface area contributed by atoms with Gasteiger partial charge in [-0.25, -0.2) is 0 Å². The standard InChI is InChI=1S/C14H20N2O4/c1-8-11(9(2)20-16-8)12(17)15-10-6-4-5-7-14(10,3)13(18)19/h10H,4-7H2,1-3H3,(H,15,17)(H,18,19). The van der Waals surface area contributed by atoms with Gasteiger partial charge in [0, 0.05) is 6.04 Å². The van der Waals surface area contributed by atoms with Crippen LogP contribution in [0.1, 0.15) is 54.4 Å². The molecular formula is C14H20N2O4. The third kappa shape index (κ3) is 2.42. The zero-order chi connectivity index (χ0) is 14.9. The fourth-order valence-corrected chi connectivity index (χ4v) is 2.86. The Hall–Kier alpha value is -1.85. The molecule has 1 aliphatic carbocycles. The van der Waals surface area contributed by atoms with Crippen molar-refractivity contribution in [3.63, 3.8) is 0 Å². The summed E-state index contributed by atoms with van der Waals surface area (Å²) in [5, 5.41) is 16.0. The Morgan fingerprint density at radius 2 is 2.10 bits per heavy atom. The molecule has 2 N–H and O–H groups in total. The molecular weight excluding hydrogens is 260 g/mol. The van der Waals surface area contributed by atoms with Crippen LogP contribution < -0.4 is 5.32 Å². The molecule has 2 rings (SSSR count). The van der Waals surface area contributed by atoms with Gasteiger partial charge < -0.3 is 14.9 Å². The van der Waals surface area contributed by atoms with Gasteiger partial charge in [-0.2, -0.15) is 0 Å². The molecule has 1 fully saturated rings. The number of aliphatic carboxylic acids is 1. The Labute approximate surface area is 117 Å². The molecule has 0 radical (unpaired) electrons. The van der Waals surface area contributed by atoms with E-state index in [-0.39, 0.29) is 11.9 Å². The predicted octanol–water partition coefficient (Wildman–Crippen LogP) is 2.05. The van der Waals surface area contributed by atoms with Crippen molar-refractivity contribution in [2.75, 3.05) is 0 Å². The number of nitrogens with one attached hydrogen (secondary N) is 1. The van der Waals surface area contributed by atoms with E-state index >= 15 is 0 Å². The fraction of sp³-hybridized carbons (Fsp3) is 0.643. The first-order chi connectivity index (χ1) is 9.36. The largest absolute Gasteiger partial charge is 0.481 e. The van der Waals surface area contributed by atoms with E-state index in [1.807, 2.05) is 0 Å². The maximum atomic E-state index is 12.3. The molecule has 20 heavy (non-hydrogen) atoms. The minimum atomic E-state index is -0.910. The highest BCUT2D eigenvalue weighted by Crippen LogP contribution is 2.36. The molecule has 1 heterocycles. The van der Waals surface area contributed by atoms with Gasteiger partial charge in [0.05, 0.1) is 11.1 Å². The number of rotatable bonds is 3. The number of aryl methyl sites for hydroxylation is 2. The predicted molar refractivity (Wildman–Crippen MR) is 71.4 cm³/mol. The molecule has 0 spiro atoms. The summed E-state index contributed by atoms with van der Waals surface area (Å²) < 4.78 is 4.98. The average molecular weight is 280 g/mol. The van der Waals surface area contributed by atoms with Gasteiger partial charge in [0.25, 0.3) is 5.91 Å². The summed E-state index contributed by atoms with van der Waals surface area (Å²) in [4.78, 5) is 23.8. The number of aromatic nitrogens is 1. The molecule has 110 valence electrons. The summed E-state index contributed by atoms with van der Waals surface area (Å²) in [6.07, 6.45) is 3.06. The monoisotopic (exact) mass is 280 g/mol. The number of hydrogen-bond acceptors (Lipinski definition) is 4. The molecule has 0 saturated heterocycles. The molecule has 0 bridgehead atoms. The van der Waals surface area contributed by atoms with Crippen LogP contribution in [0, 0.1) is 19.3 Å². The van der Waals surface area contributed by atoms with Crippen LogP contribution in [0.4, 0.5) is 0 Å². The molecule has 1 amide bonds. The van der Waals surface area contributed by atoms with Gasteiger partial charge in [0.2, 0.25) is 0 Å². The molecule has 6 nitrogen and oxygen atoms in total. The highest BCUT2D eigenvalue weighted by Gasteiger charge is 2.44. The van der Waals surface area contributed by atoms with E-state index in [1.165, 1.54) is 0 Å². The van der Waals surface area contributed by atoms with Gasteiger partial charge >= 0.3 is 5.97 Å². The van der Waals surface area contributed by atoms with Crippen molar-refractivity contribution < 1.29 is 19.2 Å². The lowest BCUT2D eigenvalue weighted by Crippen LogP contribution is -2.52. The van der Waals surface area contributed by atoms with Crippen LogP contribution in [0.3, 0.4) is 0 Å². The molecule has 0 aromatic carbocycles. The molecule has 2 unspecified atom stereocenters. The quantitative estimate of drug-likeness (QED) is 0.884. The van der Waals surface area contributed by atoms with Crippen molar-refractivity contribution in [1.82, 2.24) is 10.5 Å². The van der Waals surface area contributed by atoms with Crippen LogP contribution in [0.5, 0.6) is 0 Å². The lowest BCUT2D eigenvalue weighted by Gasteiger charge is -2.38. The number of carboxylic acids is 1. The molecule has 1 saturated carbocycles. The Bertz CT molecular complexity index is 518. The van der Waals surface area contributed by atoms with Crippen LogP contribution >= 0.6 is 0 Å². The molecule has 2 atom stereocenters. The van der Waals surface area contributed by atoms with E-state index in [0.717, 1.165) is 12.8 Å². The average Bonchev–Trinajstić information content (AvgIpc) is 2.71. The summed E-state index contributed by atoms with van der Waals surface area (Å²) in [5.41, 5.74) is 0.0172. The van der Waals surface area contributed by atoms with Crippen LogP contribution in [-0.2, 0) is 4.79 Å². The summed E-state index contributed by atoms with van der Waals surface area (Å²) >= 11 is 0. The normalized spacial score (nSPS) is 26.2. The van der Waals surface area contributed by atoms with E-state index in [1.54, 1.807) is 20.8 Å². The second-order valence-electron chi connectivity index (χ2n) is 5.69. The highest BCUT2D eigenvalue weighted by atomic mass is 16.5. The summed E-state index contributed by atoms with van der Waals surface area (Å²) in [6.45, 7) is 5.07. The molecule has 1 aromatic heterocycles. The van der Waals surface area contributed by atoms with E-state index in [2.05, 4.69) is 10.5 Å². The minimum Gasteiger partial charge on any atom is -0.481 e. The number of carbonyl (C=O) groups excluding carboxylic acids is 1. The second-order valence-corrected chi connectivity index (χ2v) is 5.69. The van der Waals surface area contributed by atoms with E-state index < -0.39 is 11.4 Å². The Balaban J connectivity index is 2.20. The van der Waals surface area contributed by atoms with E-state index in [4.69, 9.17) is 4.52 Å². The number of carboxylic acid groups (broad SMARTS) is 1. The summed E-state index contributed by atoms with van der Waals surface area (Å²) in [6, 6.07) is -0.366. The first kappa shape index (κ1) is 14.6. The van der Waals surface area contributed by atoms with Crippen molar-refractivity contribution in [3.05, 3.63) is 17.0 Å². The first-order valence-corrected chi connectivity index (χ1v) is 6.83. The van der Waals surface area contributed by atoms with Gasteiger partial charge in [-0.05, 0) is 33.6 Å². The number of carbonyl (C=O) groups is 2. The van der Waals surface area contributed by atoms with Crippen molar-refractivity contribution in [3.8, 4) is 0 Å². The third-order valence-electron chi connectivity index (χ3n) is 4.26. The maximum absolute atomic E-state index is 12.3. The number of hydrogen-bond donors (Lipinski definition) is 2. The van der Waals surface area contributed by atoms with Gasteiger partial charge in [0.15, 0.2) is 0 Å². The van der Waals surface area contributed by atoms with Gasteiger partial charge in [0.1, 0.15) is 11.3 Å². The van der Waals surface area contributed by atoms with Crippen molar-refractivity contribution >= 4 is 11.9 Å². The SMILES string of the molecule is Cc1noc(C)c1C(=O)NC1CCCCC1(C)C(=O)O. The molecule has 1 aliphatic rings. The Morgan fingerprint density at radius 1 is 1.40 bits per heavy atom. The fourth-order valence-electron chi connectivity index (χ4n) is 2.86. The van der Waals surface area contributed by atoms with Gasteiger partial charge in [-0.1, -0.05) is 18.0 Å². The van der Waals surface area contributed by atoms with Crippen molar-refractivity contribution in [2.45, 2.75) is 52.5 Å². The molecule has 6 heteroatoms. The lowest BCUT2D eigenvalue weighted by molar-refractivity contribution is -0.151.